The van der Waals surface area contributed by atoms with Crippen LogP contribution in [0.3, 0.4) is 0 Å². The molecule has 0 aromatic heterocycles. The molecule has 5 heteroatoms. The fourth-order valence-corrected chi connectivity index (χ4v) is 4.61. The number of likely N-dealkylation sites (N-methyl/N-ethyl adjacent to an activating group) is 1. The van der Waals surface area contributed by atoms with Gasteiger partial charge >= 0.3 is 0 Å². The summed E-state index contributed by atoms with van der Waals surface area (Å²) in [7, 11) is -3.34. The molecule has 4 nitrogen and oxygen atoms in total. The fourth-order valence-electron chi connectivity index (χ4n) is 2.39. The van der Waals surface area contributed by atoms with Gasteiger partial charge in [-0.15, -0.1) is 0 Å². The van der Waals surface area contributed by atoms with E-state index < -0.39 is 15.6 Å². The summed E-state index contributed by atoms with van der Waals surface area (Å²) >= 11 is 0. The molecule has 0 aliphatic carbocycles. The number of benzene rings is 1. The zero-order valence-electron chi connectivity index (χ0n) is 12.8. The highest BCUT2D eigenvalue weighted by Crippen LogP contribution is 2.23. The summed E-state index contributed by atoms with van der Waals surface area (Å²) < 4.78 is 26.8. The second-order valence-electron chi connectivity index (χ2n) is 5.77. The summed E-state index contributed by atoms with van der Waals surface area (Å²) in [5.74, 6) is 0.0673. The number of nitrogens with zero attached hydrogens (tertiary/aromatic N) is 1. The Balaban J connectivity index is 2.94. The van der Waals surface area contributed by atoms with Crippen LogP contribution in [-0.2, 0) is 10.0 Å². The van der Waals surface area contributed by atoms with Crippen LogP contribution in [0.15, 0.2) is 30.3 Å². The zero-order chi connectivity index (χ0) is 15.4. The van der Waals surface area contributed by atoms with Gasteiger partial charge in [0.25, 0.3) is 0 Å². The van der Waals surface area contributed by atoms with Crippen molar-refractivity contribution in [3.05, 3.63) is 35.9 Å². The van der Waals surface area contributed by atoms with Crippen molar-refractivity contribution in [2.45, 2.75) is 39.2 Å². The van der Waals surface area contributed by atoms with Crippen molar-refractivity contribution in [2.75, 3.05) is 18.8 Å². The van der Waals surface area contributed by atoms with Gasteiger partial charge in [0.2, 0.25) is 10.0 Å². The number of nitrogens with two attached hydrogens (primary N) is 1. The maximum atomic E-state index is 12.6. The fraction of sp³-hybridized carbons (Fsp3) is 0.600. The topological polar surface area (TPSA) is 63.4 Å². The predicted molar refractivity (Wildman–Crippen MR) is 84.2 cm³/mol. The molecular formula is C15H26N2O2S. The number of hydrogen-bond donors (Lipinski definition) is 1. The quantitative estimate of drug-likeness (QED) is 0.839. The Labute approximate surface area is 123 Å². The molecule has 2 N–H and O–H groups in total. The van der Waals surface area contributed by atoms with Crippen LogP contribution in [0.1, 0.15) is 39.2 Å². The highest BCUT2D eigenvalue weighted by atomic mass is 32.2. The van der Waals surface area contributed by atoms with Crippen molar-refractivity contribution in [3.8, 4) is 0 Å². The normalized spacial score (nSPS) is 14.5. The third kappa shape index (κ3) is 4.04. The van der Waals surface area contributed by atoms with Crippen molar-refractivity contribution in [1.29, 1.82) is 0 Å². The van der Waals surface area contributed by atoms with Gasteiger partial charge in [0.05, 0.1) is 5.75 Å². The van der Waals surface area contributed by atoms with E-state index in [4.69, 9.17) is 5.73 Å². The molecule has 0 spiro atoms. The van der Waals surface area contributed by atoms with Crippen molar-refractivity contribution in [3.63, 3.8) is 0 Å². The first kappa shape index (κ1) is 17.1. The number of rotatable bonds is 7. The maximum absolute atomic E-state index is 12.6. The molecule has 1 aromatic carbocycles. The van der Waals surface area contributed by atoms with E-state index in [1.807, 2.05) is 58.0 Å². The molecule has 20 heavy (non-hydrogen) atoms. The van der Waals surface area contributed by atoms with Gasteiger partial charge < -0.3 is 5.73 Å². The summed E-state index contributed by atoms with van der Waals surface area (Å²) in [6.45, 7) is 8.26. The third-order valence-electron chi connectivity index (χ3n) is 3.63. The lowest BCUT2D eigenvalue weighted by Gasteiger charge is -2.36. The average molecular weight is 298 g/mol. The van der Waals surface area contributed by atoms with Crippen molar-refractivity contribution in [1.82, 2.24) is 4.31 Å². The van der Waals surface area contributed by atoms with Gasteiger partial charge in [-0.05, 0) is 25.3 Å². The smallest absolute Gasteiger partial charge is 0.215 e. The molecule has 0 bridgehead atoms. The molecule has 1 atom stereocenters. The molecule has 114 valence electrons. The number of sulfonamides is 1. The first-order valence-electron chi connectivity index (χ1n) is 7.00. The first-order chi connectivity index (χ1) is 9.24. The molecule has 0 heterocycles. The van der Waals surface area contributed by atoms with E-state index in [0.29, 0.717) is 13.1 Å². The van der Waals surface area contributed by atoms with Gasteiger partial charge in [-0.3, -0.25) is 0 Å². The second-order valence-corrected chi connectivity index (χ2v) is 7.71. The first-order valence-corrected chi connectivity index (χ1v) is 8.61. The van der Waals surface area contributed by atoms with Crippen molar-refractivity contribution >= 4 is 10.0 Å². The van der Waals surface area contributed by atoms with E-state index >= 15 is 0 Å². The van der Waals surface area contributed by atoms with Crippen LogP contribution in [0.4, 0.5) is 0 Å². The van der Waals surface area contributed by atoms with Crippen LogP contribution in [0.25, 0.3) is 0 Å². The summed E-state index contributed by atoms with van der Waals surface area (Å²) in [4.78, 5) is 0. The lowest BCUT2D eigenvalue weighted by atomic mass is 10.0. The van der Waals surface area contributed by atoms with Gasteiger partial charge in [0.1, 0.15) is 0 Å². The SMILES string of the molecule is CCN(C(C)(C)CN)S(=O)(=O)CC(C)c1ccccc1. The Hall–Kier alpha value is -0.910. The van der Waals surface area contributed by atoms with Crippen LogP contribution in [0.2, 0.25) is 0 Å². The van der Waals surface area contributed by atoms with Gasteiger partial charge in [-0.1, -0.05) is 44.2 Å². The van der Waals surface area contributed by atoms with E-state index in [2.05, 4.69) is 0 Å². The molecule has 0 aliphatic rings. The summed E-state index contributed by atoms with van der Waals surface area (Å²) in [6, 6.07) is 9.72. The molecule has 0 amide bonds. The van der Waals surface area contributed by atoms with Crippen molar-refractivity contribution in [2.24, 2.45) is 5.73 Å². The van der Waals surface area contributed by atoms with E-state index in [1.54, 1.807) is 0 Å². The largest absolute Gasteiger partial charge is 0.329 e. The van der Waals surface area contributed by atoms with Gasteiger partial charge in [0.15, 0.2) is 0 Å². The van der Waals surface area contributed by atoms with Gasteiger partial charge in [0, 0.05) is 18.6 Å². The summed E-state index contributed by atoms with van der Waals surface area (Å²) in [5.41, 5.74) is 6.20. The Bertz CT molecular complexity index is 512. The predicted octanol–water partition coefficient (Wildman–Crippen LogP) is 2.18. The molecule has 1 rings (SSSR count). The molecule has 0 saturated carbocycles. The monoisotopic (exact) mass is 298 g/mol. The summed E-state index contributed by atoms with van der Waals surface area (Å²) in [6.07, 6.45) is 0. The van der Waals surface area contributed by atoms with E-state index in [-0.39, 0.29) is 11.7 Å². The molecule has 1 aromatic rings. The second kappa shape index (κ2) is 6.70. The lowest BCUT2D eigenvalue weighted by molar-refractivity contribution is 0.244. The highest BCUT2D eigenvalue weighted by Gasteiger charge is 2.34. The number of hydrogen-bond acceptors (Lipinski definition) is 3. The van der Waals surface area contributed by atoms with Gasteiger partial charge in [-0.2, -0.15) is 4.31 Å². The minimum atomic E-state index is -3.34. The zero-order valence-corrected chi connectivity index (χ0v) is 13.7. The summed E-state index contributed by atoms with van der Waals surface area (Å²) in [5, 5.41) is 0. The van der Waals surface area contributed by atoms with Crippen LogP contribution in [0, 0.1) is 0 Å². The van der Waals surface area contributed by atoms with Crippen LogP contribution in [-0.4, -0.2) is 37.1 Å². The van der Waals surface area contributed by atoms with E-state index in [1.165, 1.54) is 4.31 Å². The van der Waals surface area contributed by atoms with E-state index in [9.17, 15) is 8.42 Å². The Kier molecular flexibility index (Phi) is 5.74. The molecular weight excluding hydrogens is 272 g/mol. The van der Waals surface area contributed by atoms with E-state index in [0.717, 1.165) is 5.56 Å². The standard InChI is InChI=1S/C15H26N2O2S/c1-5-17(15(3,4)12-16)20(18,19)11-13(2)14-9-7-6-8-10-14/h6-10,13H,5,11-12,16H2,1-4H3. The molecule has 0 radical (unpaired) electrons. The Morgan fingerprint density at radius 3 is 2.25 bits per heavy atom. The van der Waals surface area contributed by atoms with Crippen LogP contribution in [0.5, 0.6) is 0 Å². The maximum Gasteiger partial charge on any atom is 0.215 e. The third-order valence-corrected chi connectivity index (χ3v) is 5.97. The molecule has 0 aliphatic heterocycles. The Morgan fingerprint density at radius 1 is 1.25 bits per heavy atom. The minimum Gasteiger partial charge on any atom is -0.329 e. The lowest BCUT2D eigenvalue weighted by Crippen LogP contribution is -2.53. The average Bonchev–Trinajstić information content (AvgIpc) is 2.39. The molecule has 0 fully saturated rings. The highest BCUT2D eigenvalue weighted by molar-refractivity contribution is 7.89. The van der Waals surface area contributed by atoms with Crippen molar-refractivity contribution < 1.29 is 8.42 Å². The Morgan fingerprint density at radius 2 is 1.80 bits per heavy atom. The molecule has 0 saturated heterocycles. The van der Waals surface area contributed by atoms with Crippen LogP contribution >= 0.6 is 0 Å². The minimum absolute atomic E-state index is 0.0381. The van der Waals surface area contributed by atoms with Gasteiger partial charge in [-0.25, -0.2) is 8.42 Å². The molecule has 1 unspecified atom stereocenters. The van der Waals surface area contributed by atoms with Crippen LogP contribution < -0.4 is 5.73 Å².